The van der Waals surface area contributed by atoms with Crippen molar-refractivity contribution in [2.75, 3.05) is 6.54 Å². The minimum atomic E-state index is -3.66. The van der Waals surface area contributed by atoms with E-state index in [-0.39, 0.29) is 17.9 Å². The van der Waals surface area contributed by atoms with E-state index in [2.05, 4.69) is 14.9 Å². The third-order valence-electron chi connectivity index (χ3n) is 4.15. The third kappa shape index (κ3) is 3.82. The van der Waals surface area contributed by atoms with Gasteiger partial charge >= 0.3 is 5.97 Å². The molecule has 7 nitrogen and oxygen atoms in total. The number of aromatic amines is 1. The first-order chi connectivity index (χ1) is 9.85. The van der Waals surface area contributed by atoms with Crippen LogP contribution in [0.5, 0.6) is 0 Å². The molecule has 1 aromatic rings. The first-order valence-corrected chi connectivity index (χ1v) is 8.54. The summed E-state index contributed by atoms with van der Waals surface area (Å²) in [6, 6.07) is 0. The number of nitrogens with one attached hydrogen (secondary N) is 2. The van der Waals surface area contributed by atoms with Gasteiger partial charge in [-0.2, -0.15) is 5.10 Å². The Morgan fingerprint density at radius 2 is 2.10 bits per heavy atom. The highest BCUT2D eigenvalue weighted by atomic mass is 32.2. The molecule has 1 heterocycles. The molecule has 21 heavy (non-hydrogen) atoms. The molecule has 0 bridgehead atoms. The van der Waals surface area contributed by atoms with Crippen LogP contribution >= 0.6 is 0 Å². The summed E-state index contributed by atoms with van der Waals surface area (Å²) in [7, 11) is -3.66. The molecule has 0 amide bonds. The number of hydrogen-bond acceptors (Lipinski definition) is 4. The topological polar surface area (TPSA) is 112 Å². The van der Waals surface area contributed by atoms with Crippen LogP contribution in [0.3, 0.4) is 0 Å². The number of sulfonamides is 1. The van der Waals surface area contributed by atoms with Gasteiger partial charge < -0.3 is 5.11 Å². The zero-order valence-corrected chi connectivity index (χ0v) is 12.9. The standard InChI is InChI=1S/C13H21N3O4S/c1-10-11(8-14-16-10)21(19,20)15-9-13(7-12(17)18)5-3-2-4-6-13/h8,15H,2-7,9H2,1H3,(H,14,16)(H,17,18). The van der Waals surface area contributed by atoms with Crippen LogP contribution < -0.4 is 4.72 Å². The summed E-state index contributed by atoms with van der Waals surface area (Å²) in [6.45, 7) is 1.79. The van der Waals surface area contributed by atoms with Gasteiger partial charge in [0.25, 0.3) is 0 Å². The lowest BCUT2D eigenvalue weighted by molar-refractivity contribution is -0.140. The van der Waals surface area contributed by atoms with E-state index in [1.807, 2.05) is 0 Å². The fourth-order valence-electron chi connectivity index (χ4n) is 2.98. The Labute approximate surface area is 124 Å². The highest BCUT2D eigenvalue weighted by Crippen LogP contribution is 2.39. The molecule has 0 radical (unpaired) electrons. The number of H-pyrrole nitrogens is 1. The summed E-state index contributed by atoms with van der Waals surface area (Å²) in [5.41, 5.74) is -0.00662. The van der Waals surface area contributed by atoms with Crippen LogP contribution in [0.2, 0.25) is 0 Å². The number of carbonyl (C=O) groups is 1. The predicted molar refractivity (Wildman–Crippen MR) is 76.3 cm³/mol. The van der Waals surface area contributed by atoms with Crippen LogP contribution in [0.4, 0.5) is 0 Å². The van der Waals surface area contributed by atoms with E-state index in [1.165, 1.54) is 6.20 Å². The molecule has 0 unspecified atom stereocenters. The summed E-state index contributed by atoms with van der Waals surface area (Å²) in [5.74, 6) is -0.879. The summed E-state index contributed by atoms with van der Waals surface area (Å²) in [6.07, 6.45) is 5.72. The minimum Gasteiger partial charge on any atom is -0.481 e. The number of hydrogen-bond donors (Lipinski definition) is 3. The van der Waals surface area contributed by atoms with E-state index in [4.69, 9.17) is 5.11 Å². The molecule has 0 atom stereocenters. The van der Waals surface area contributed by atoms with Gasteiger partial charge in [0, 0.05) is 6.54 Å². The van der Waals surface area contributed by atoms with Crippen molar-refractivity contribution in [2.45, 2.75) is 50.3 Å². The second-order valence-electron chi connectivity index (χ2n) is 5.81. The Balaban J connectivity index is 2.11. The summed E-state index contributed by atoms with van der Waals surface area (Å²) < 4.78 is 27.1. The van der Waals surface area contributed by atoms with Crippen molar-refractivity contribution in [3.63, 3.8) is 0 Å². The van der Waals surface area contributed by atoms with Gasteiger partial charge in [-0.1, -0.05) is 19.3 Å². The molecule has 3 N–H and O–H groups in total. The molecule has 2 rings (SSSR count). The van der Waals surface area contributed by atoms with E-state index in [1.54, 1.807) is 6.92 Å². The number of rotatable bonds is 6. The Bertz CT molecular complexity index is 603. The molecule has 1 aromatic heterocycles. The number of carboxylic acid groups (broad SMARTS) is 1. The number of aryl methyl sites for hydroxylation is 1. The van der Waals surface area contributed by atoms with Crippen molar-refractivity contribution < 1.29 is 18.3 Å². The normalized spacial score (nSPS) is 18.5. The Morgan fingerprint density at radius 3 is 2.62 bits per heavy atom. The van der Waals surface area contributed by atoms with Gasteiger partial charge in [-0.05, 0) is 25.2 Å². The second-order valence-corrected chi connectivity index (χ2v) is 7.55. The third-order valence-corrected chi connectivity index (χ3v) is 5.67. The average Bonchev–Trinajstić information content (AvgIpc) is 2.84. The zero-order valence-electron chi connectivity index (χ0n) is 12.1. The summed E-state index contributed by atoms with van der Waals surface area (Å²) in [4.78, 5) is 11.2. The largest absolute Gasteiger partial charge is 0.481 e. The Morgan fingerprint density at radius 1 is 1.43 bits per heavy atom. The summed E-state index contributed by atoms with van der Waals surface area (Å²) in [5, 5.41) is 15.4. The first-order valence-electron chi connectivity index (χ1n) is 7.06. The maximum absolute atomic E-state index is 12.3. The van der Waals surface area contributed by atoms with Crippen molar-refractivity contribution in [3.05, 3.63) is 11.9 Å². The molecule has 0 saturated heterocycles. The number of carboxylic acids is 1. The molecule has 1 fully saturated rings. The van der Waals surface area contributed by atoms with Crippen molar-refractivity contribution in [3.8, 4) is 0 Å². The highest BCUT2D eigenvalue weighted by Gasteiger charge is 2.36. The SMILES string of the molecule is Cc1[nH]ncc1S(=O)(=O)NCC1(CC(=O)O)CCCCC1. The molecule has 1 aliphatic rings. The number of aromatic nitrogens is 2. The molecule has 8 heteroatoms. The first kappa shape index (κ1) is 16.0. The molecule has 1 saturated carbocycles. The zero-order chi connectivity index (χ0) is 15.5. The van der Waals surface area contributed by atoms with Crippen LogP contribution in [0, 0.1) is 12.3 Å². The van der Waals surface area contributed by atoms with E-state index in [0.29, 0.717) is 5.69 Å². The molecule has 0 aromatic carbocycles. The molecule has 0 aliphatic heterocycles. The quantitative estimate of drug-likeness (QED) is 0.735. The van der Waals surface area contributed by atoms with Gasteiger partial charge in [-0.3, -0.25) is 9.89 Å². The predicted octanol–water partition coefficient (Wildman–Crippen LogP) is 1.42. The van der Waals surface area contributed by atoms with E-state index >= 15 is 0 Å². The van der Waals surface area contributed by atoms with Gasteiger partial charge in [0.2, 0.25) is 10.0 Å². The smallest absolute Gasteiger partial charge is 0.303 e. The maximum Gasteiger partial charge on any atom is 0.303 e. The minimum absolute atomic E-state index is 0.000110. The van der Waals surface area contributed by atoms with Gasteiger partial charge in [-0.25, -0.2) is 13.1 Å². The molecular weight excluding hydrogens is 294 g/mol. The van der Waals surface area contributed by atoms with Crippen LogP contribution in [0.1, 0.15) is 44.2 Å². The van der Waals surface area contributed by atoms with Crippen molar-refractivity contribution in [2.24, 2.45) is 5.41 Å². The average molecular weight is 315 g/mol. The van der Waals surface area contributed by atoms with E-state index in [9.17, 15) is 13.2 Å². The Hall–Kier alpha value is -1.41. The molecule has 0 spiro atoms. The van der Waals surface area contributed by atoms with Gasteiger partial charge in [0.15, 0.2) is 0 Å². The monoisotopic (exact) mass is 315 g/mol. The van der Waals surface area contributed by atoms with E-state index in [0.717, 1.165) is 32.1 Å². The highest BCUT2D eigenvalue weighted by molar-refractivity contribution is 7.89. The molecule has 1 aliphatic carbocycles. The van der Waals surface area contributed by atoms with Crippen LogP contribution in [-0.4, -0.2) is 36.2 Å². The lowest BCUT2D eigenvalue weighted by Gasteiger charge is -2.36. The van der Waals surface area contributed by atoms with Crippen molar-refractivity contribution >= 4 is 16.0 Å². The second kappa shape index (κ2) is 6.15. The van der Waals surface area contributed by atoms with Gasteiger partial charge in [0.05, 0.1) is 18.3 Å². The number of nitrogens with zero attached hydrogens (tertiary/aromatic N) is 1. The van der Waals surface area contributed by atoms with Crippen LogP contribution in [0.15, 0.2) is 11.1 Å². The van der Waals surface area contributed by atoms with Gasteiger partial charge in [-0.15, -0.1) is 0 Å². The lowest BCUT2D eigenvalue weighted by atomic mass is 9.72. The fraction of sp³-hybridized carbons (Fsp3) is 0.692. The van der Waals surface area contributed by atoms with Crippen molar-refractivity contribution in [1.29, 1.82) is 0 Å². The van der Waals surface area contributed by atoms with E-state index < -0.39 is 21.4 Å². The van der Waals surface area contributed by atoms with Crippen LogP contribution in [0.25, 0.3) is 0 Å². The Kier molecular flexibility index (Phi) is 4.67. The molecule has 118 valence electrons. The summed E-state index contributed by atoms with van der Waals surface area (Å²) >= 11 is 0. The fourth-order valence-corrected chi connectivity index (χ4v) is 4.27. The lowest BCUT2D eigenvalue weighted by Crippen LogP contribution is -2.40. The van der Waals surface area contributed by atoms with Crippen molar-refractivity contribution in [1.82, 2.24) is 14.9 Å². The maximum atomic E-state index is 12.3. The number of aliphatic carboxylic acids is 1. The molecular formula is C13H21N3O4S. The van der Waals surface area contributed by atoms with Crippen LogP contribution in [-0.2, 0) is 14.8 Å². The van der Waals surface area contributed by atoms with Gasteiger partial charge in [0.1, 0.15) is 4.90 Å².